The van der Waals surface area contributed by atoms with Crippen LogP contribution in [0.2, 0.25) is 0 Å². The molecule has 0 amide bonds. The second-order valence-corrected chi connectivity index (χ2v) is 9.87. The lowest BCUT2D eigenvalue weighted by atomic mass is 9.44. The predicted molar refractivity (Wildman–Crippen MR) is 91.9 cm³/mol. The van der Waals surface area contributed by atoms with Crippen LogP contribution >= 0.6 is 0 Å². The summed E-state index contributed by atoms with van der Waals surface area (Å²) in [6.45, 7) is 6.80. The van der Waals surface area contributed by atoms with Crippen molar-refractivity contribution in [1.82, 2.24) is 0 Å². The minimum absolute atomic E-state index is 0.0490. The number of fused-ring (bicyclic) bond motifs is 5. The van der Waals surface area contributed by atoms with Gasteiger partial charge in [0.2, 0.25) is 0 Å². The molecule has 23 heavy (non-hydrogen) atoms. The number of ketones is 1. The molecular formula is C21H34O2. The summed E-state index contributed by atoms with van der Waals surface area (Å²) in [5.41, 5.74) is 0.738. The maximum Gasteiger partial charge on any atom is 0.133 e. The minimum atomic E-state index is -0.0490. The van der Waals surface area contributed by atoms with E-state index in [0.717, 1.165) is 42.9 Å². The van der Waals surface area contributed by atoms with E-state index in [1.807, 2.05) is 6.92 Å². The lowest BCUT2D eigenvalue weighted by Gasteiger charge is -2.60. The smallest absolute Gasteiger partial charge is 0.133 e. The van der Waals surface area contributed by atoms with Gasteiger partial charge in [-0.2, -0.15) is 0 Å². The minimum Gasteiger partial charge on any atom is -0.393 e. The fourth-order valence-corrected chi connectivity index (χ4v) is 7.90. The fourth-order valence-electron chi connectivity index (χ4n) is 7.90. The monoisotopic (exact) mass is 318 g/mol. The Morgan fingerprint density at radius 2 is 1.61 bits per heavy atom. The Bertz CT molecular complexity index is 500. The molecule has 0 heterocycles. The molecule has 130 valence electrons. The molecule has 5 unspecified atom stereocenters. The average molecular weight is 319 g/mol. The van der Waals surface area contributed by atoms with Gasteiger partial charge < -0.3 is 5.11 Å². The first-order valence-electron chi connectivity index (χ1n) is 10.0. The van der Waals surface area contributed by atoms with Crippen molar-refractivity contribution in [3.63, 3.8) is 0 Å². The maximum atomic E-state index is 12.2. The Morgan fingerprint density at radius 1 is 0.913 bits per heavy atom. The zero-order chi connectivity index (χ0) is 16.4. The normalized spacial score (nSPS) is 55.7. The molecule has 2 nitrogen and oxygen atoms in total. The van der Waals surface area contributed by atoms with Crippen molar-refractivity contribution in [2.24, 2.45) is 40.4 Å². The Balaban J connectivity index is 1.61. The summed E-state index contributed by atoms with van der Waals surface area (Å²) < 4.78 is 0. The number of aliphatic hydroxyl groups is 1. The van der Waals surface area contributed by atoms with Crippen LogP contribution in [0.1, 0.15) is 78.6 Å². The van der Waals surface area contributed by atoms with Gasteiger partial charge in [0.15, 0.2) is 0 Å². The molecule has 0 saturated heterocycles. The lowest BCUT2D eigenvalue weighted by molar-refractivity contribution is -0.138. The average Bonchev–Trinajstić information content (AvgIpc) is 2.85. The number of aliphatic hydroxyl groups excluding tert-OH is 1. The summed E-state index contributed by atoms with van der Waals surface area (Å²) in [7, 11) is 0. The zero-order valence-electron chi connectivity index (χ0n) is 15.2. The molecule has 4 rings (SSSR count). The van der Waals surface area contributed by atoms with Crippen molar-refractivity contribution in [2.75, 3.05) is 0 Å². The van der Waals surface area contributed by atoms with Crippen molar-refractivity contribution in [3.05, 3.63) is 0 Å². The van der Waals surface area contributed by atoms with Crippen LogP contribution < -0.4 is 0 Å². The predicted octanol–water partition coefficient (Wildman–Crippen LogP) is 4.60. The zero-order valence-corrected chi connectivity index (χ0v) is 15.2. The summed E-state index contributed by atoms with van der Waals surface area (Å²) in [6, 6.07) is 0. The van der Waals surface area contributed by atoms with E-state index in [4.69, 9.17) is 0 Å². The highest BCUT2D eigenvalue weighted by molar-refractivity contribution is 5.79. The molecule has 8 atom stereocenters. The second-order valence-electron chi connectivity index (χ2n) is 9.87. The molecule has 0 spiro atoms. The molecule has 0 radical (unpaired) electrons. The molecule has 4 fully saturated rings. The van der Waals surface area contributed by atoms with Crippen molar-refractivity contribution in [1.29, 1.82) is 0 Å². The second kappa shape index (κ2) is 5.31. The maximum absolute atomic E-state index is 12.2. The van der Waals surface area contributed by atoms with Gasteiger partial charge in [0.05, 0.1) is 6.10 Å². The van der Waals surface area contributed by atoms with E-state index < -0.39 is 0 Å². The Hall–Kier alpha value is -0.370. The summed E-state index contributed by atoms with van der Waals surface area (Å²) in [5, 5.41) is 10.1. The number of carbonyl (C=O) groups excluding carboxylic acids is 1. The highest BCUT2D eigenvalue weighted by atomic mass is 16.3. The molecule has 1 N–H and O–H groups in total. The number of hydrogen-bond donors (Lipinski definition) is 1. The van der Waals surface area contributed by atoms with E-state index in [1.54, 1.807) is 0 Å². The summed E-state index contributed by atoms with van der Waals surface area (Å²) in [5.74, 6) is 3.97. The van der Waals surface area contributed by atoms with Crippen LogP contribution in [0.3, 0.4) is 0 Å². The molecule has 2 heteroatoms. The quantitative estimate of drug-likeness (QED) is 0.767. The van der Waals surface area contributed by atoms with Crippen molar-refractivity contribution in [3.8, 4) is 0 Å². The van der Waals surface area contributed by atoms with E-state index in [9.17, 15) is 9.90 Å². The molecule has 4 aliphatic rings. The Labute approximate surface area is 141 Å². The molecule has 4 saturated carbocycles. The van der Waals surface area contributed by atoms with Gasteiger partial charge in [0, 0.05) is 5.92 Å². The van der Waals surface area contributed by atoms with Crippen LogP contribution in [0.25, 0.3) is 0 Å². The van der Waals surface area contributed by atoms with Gasteiger partial charge >= 0.3 is 0 Å². The summed E-state index contributed by atoms with van der Waals surface area (Å²) >= 11 is 0. The Morgan fingerprint density at radius 3 is 2.35 bits per heavy atom. The van der Waals surface area contributed by atoms with Crippen LogP contribution in [0.5, 0.6) is 0 Å². The lowest BCUT2D eigenvalue weighted by Crippen LogP contribution is -2.54. The van der Waals surface area contributed by atoms with Crippen LogP contribution in [0, 0.1) is 40.4 Å². The molecule has 0 aliphatic heterocycles. The summed E-state index contributed by atoms with van der Waals surface area (Å²) in [4.78, 5) is 12.2. The van der Waals surface area contributed by atoms with Crippen molar-refractivity contribution in [2.45, 2.75) is 84.7 Å². The van der Waals surface area contributed by atoms with Crippen LogP contribution in [-0.4, -0.2) is 17.0 Å². The molecule has 0 aromatic heterocycles. The summed E-state index contributed by atoms with van der Waals surface area (Å²) in [6.07, 6.45) is 10.9. The van der Waals surface area contributed by atoms with Gasteiger partial charge in [-0.05, 0) is 99.2 Å². The molecular weight excluding hydrogens is 284 g/mol. The topological polar surface area (TPSA) is 37.3 Å². The number of Topliss-reactive ketones (excluding diaryl/α,β-unsaturated/α-hetero) is 1. The molecule has 4 aliphatic carbocycles. The molecule has 0 aromatic rings. The van der Waals surface area contributed by atoms with E-state index in [1.165, 1.54) is 38.5 Å². The van der Waals surface area contributed by atoms with Crippen LogP contribution in [0.4, 0.5) is 0 Å². The third-order valence-electron chi connectivity index (χ3n) is 9.13. The highest BCUT2D eigenvalue weighted by Crippen LogP contribution is 2.67. The SMILES string of the molecule is CC(=O)[C@H]1CCC2[C@@H]3CCC4CC(O)CC[C@]4(C)C3CCC21C. The number of hydrogen-bond acceptors (Lipinski definition) is 2. The van der Waals surface area contributed by atoms with Gasteiger partial charge in [-0.15, -0.1) is 0 Å². The van der Waals surface area contributed by atoms with Crippen LogP contribution in [-0.2, 0) is 4.79 Å². The highest BCUT2D eigenvalue weighted by Gasteiger charge is 2.60. The van der Waals surface area contributed by atoms with E-state index in [2.05, 4.69) is 13.8 Å². The van der Waals surface area contributed by atoms with E-state index >= 15 is 0 Å². The molecule has 0 bridgehead atoms. The van der Waals surface area contributed by atoms with E-state index in [-0.39, 0.29) is 11.5 Å². The first kappa shape index (κ1) is 16.1. The van der Waals surface area contributed by atoms with Gasteiger partial charge in [0.25, 0.3) is 0 Å². The van der Waals surface area contributed by atoms with Gasteiger partial charge in [0.1, 0.15) is 5.78 Å². The number of rotatable bonds is 1. The van der Waals surface area contributed by atoms with Gasteiger partial charge in [-0.3, -0.25) is 4.79 Å². The first-order chi connectivity index (χ1) is 10.9. The van der Waals surface area contributed by atoms with Crippen molar-refractivity contribution >= 4 is 5.78 Å². The Kier molecular flexibility index (Phi) is 3.72. The first-order valence-corrected chi connectivity index (χ1v) is 10.0. The number of carbonyl (C=O) groups is 1. The molecule has 0 aromatic carbocycles. The third kappa shape index (κ3) is 2.19. The van der Waals surface area contributed by atoms with Crippen molar-refractivity contribution < 1.29 is 9.90 Å². The fraction of sp³-hybridized carbons (Fsp3) is 0.952. The van der Waals surface area contributed by atoms with Gasteiger partial charge in [-0.25, -0.2) is 0 Å². The largest absolute Gasteiger partial charge is 0.393 e. The van der Waals surface area contributed by atoms with Crippen LogP contribution in [0.15, 0.2) is 0 Å². The van der Waals surface area contributed by atoms with Gasteiger partial charge in [-0.1, -0.05) is 13.8 Å². The standard InChI is InChI=1S/C21H34O2/c1-13(22)17-6-7-18-16-5-4-14-12-15(23)8-10-20(14,2)19(16)9-11-21(17,18)3/h14-19,23H,4-12H2,1-3H3/t14?,15?,16-,17+,18?,19?,20-,21?/m0/s1. The third-order valence-corrected chi connectivity index (χ3v) is 9.13. The van der Waals surface area contributed by atoms with E-state index in [0.29, 0.717) is 17.1 Å².